The first-order valence-corrected chi connectivity index (χ1v) is 9.08. The number of amides is 1. The Hall–Kier alpha value is -2.49. The van der Waals surface area contributed by atoms with Crippen LogP contribution in [0.1, 0.15) is 49.4 Å². The summed E-state index contributed by atoms with van der Waals surface area (Å²) in [5.41, 5.74) is 3.08. The number of hydrogen-bond donors (Lipinski definition) is 1. The normalized spacial score (nSPS) is 17.8. The zero-order chi connectivity index (χ0) is 18.7. The summed E-state index contributed by atoms with van der Waals surface area (Å²) in [7, 11) is 1.65. The van der Waals surface area contributed by atoms with Gasteiger partial charge in [0.25, 0.3) is 0 Å². The third-order valence-electron chi connectivity index (χ3n) is 4.76. The van der Waals surface area contributed by atoms with E-state index >= 15 is 0 Å². The minimum absolute atomic E-state index is 0.0167. The highest BCUT2D eigenvalue weighted by atomic mass is 16.5. The van der Waals surface area contributed by atoms with Crippen molar-refractivity contribution in [1.82, 2.24) is 5.32 Å². The second-order valence-corrected chi connectivity index (χ2v) is 7.58. The Labute approximate surface area is 155 Å². The predicted molar refractivity (Wildman–Crippen MR) is 103 cm³/mol. The predicted octanol–water partition coefficient (Wildman–Crippen LogP) is 4.35. The molecule has 0 aromatic heterocycles. The van der Waals surface area contributed by atoms with Gasteiger partial charge in [-0.2, -0.15) is 0 Å². The molecule has 0 radical (unpaired) electrons. The Balaban J connectivity index is 1.65. The zero-order valence-corrected chi connectivity index (χ0v) is 16.0. The van der Waals surface area contributed by atoms with E-state index in [4.69, 9.17) is 9.47 Å². The number of ether oxygens (including phenoxy) is 2. The summed E-state index contributed by atoms with van der Waals surface area (Å²) >= 11 is 0. The van der Waals surface area contributed by atoms with Crippen LogP contribution in [0.15, 0.2) is 42.5 Å². The van der Waals surface area contributed by atoms with E-state index in [1.165, 1.54) is 5.56 Å². The third kappa shape index (κ3) is 4.37. The van der Waals surface area contributed by atoms with Crippen LogP contribution in [0, 0.1) is 6.92 Å². The monoisotopic (exact) mass is 353 g/mol. The van der Waals surface area contributed by atoms with Gasteiger partial charge in [-0.05, 0) is 51.0 Å². The van der Waals surface area contributed by atoms with E-state index in [2.05, 4.69) is 32.2 Å². The molecule has 0 spiro atoms. The number of carbonyl (C=O) groups is 1. The molecule has 1 aliphatic heterocycles. The Kier molecular flexibility index (Phi) is 5.21. The van der Waals surface area contributed by atoms with Gasteiger partial charge in [-0.3, -0.25) is 4.79 Å². The Bertz CT molecular complexity index is 780. The van der Waals surface area contributed by atoms with Gasteiger partial charge in [-0.25, -0.2) is 0 Å². The van der Waals surface area contributed by atoms with Crippen LogP contribution in [0.3, 0.4) is 0 Å². The van der Waals surface area contributed by atoms with Gasteiger partial charge in [0.15, 0.2) is 0 Å². The number of carbonyl (C=O) groups excluding carboxylic acids is 1. The standard InChI is InChI=1S/C22H27NO3/c1-15-5-11-20-18(13-15)19(14-22(2,3)26-20)23-21(24)12-8-16-6-9-17(25-4)10-7-16/h5-7,9-11,13,19H,8,12,14H2,1-4H3,(H,23,24)/t19-/m1/s1. The smallest absolute Gasteiger partial charge is 0.220 e. The molecule has 1 amide bonds. The molecule has 2 aromatic rings. The van der Waals surface area contributed by atoms with Crippen molar-refractivity contribution in [2.75, 3.05) is 7.11 Å². The van der Waals surface area contributed by atoms with Gasteiger partial charge in [0.1, 0.15) is 17.1 Å². The molecule has 4 heteroatoms. The highest BCUT2D eigenvalue weighted by Crippen LogP contribution is 2.39. The van der Waals surface area contributed by atoms with Crippen molar-refractivity contribution >= 4 is 5.91 Å². The molecular weight excluding hydrogens is 326 g/mol. The van der Waals surface area contributed by atoms with Crippen molar-refractivity contribution < 1.29 is 14.3 Å². The maximum Gasteiger partial charge on any atom is 0.220 e. The first kappa shape index (κ1) is 18.3. The molecule has 1 heterocycles. The lowest BCUT2D eigenvalue weighted by Gasteiger charge is -2.38. The Morgan fingerprint density at radius 1 is 1.23 bits per heavy atom. The largest absolute Gasteiger partial charge is 0.497 e. The minimum Gasteiger partial charge on any atom is -0.497 e. The van der Waals surface area contributed by atoms with Gasteiger partial charge in [-0.1, -0.05) is 29.8 Å². The summed E-state index contributed by atoms with van der Waals surface area (Å²) in [5.74, 6) is 1.76. The van der Waals surface area contributed by atoms with Gasteiger partial charge in [0.2, 0.25) is 5.91 Å². The highest BCUT2D eigenvalue weighted by Gasteiger charge is 2.34. The number of benzene rings is 2. The highest BCUT2D eigenvalue weighted by molar-refractivity contribution is 5.77. The average molecular weight is 353 g/mol. The fourth-order valence-electron chi connectivity index (χ4n) is 3.42. The van der Waals surface area contributed by atoms with Gasteiger partial charge in [0, 0.05) is 18.4 Å². The van der Waals surface area contributed by atoms with Crippen LogP contribution in [-0.4, -0.2) is 18.6 Å². The summed E-state index contributed by atoms with van der Waals surface area (Å²) in [4.78, 5) is 12.5. The number of rotatable bonds is 5. The molecule has 26 heavy (non-hydrogen) atoms. The Morgan fingerprint density at radius 3 is 2.65 bits per heavy atom. The molecule has 0 saturated heterocycles. The van der Waals surface area contributed by atoms with Crippen LogP contribution >= 0.6 is 0 Å². The molecule has 0 unspecified atom stereocenters. The van der Waals surface area contributed by atoms with Crippen molar-refractivity contribution in [3.8, 4) is 11.5 Å². The molecule has 1 atom stereocenters. The van der Waals surface area contributed by atoms with Gasteiger partial charge < -0.3 is 14.8 Å². The third-order valence-corrected chi connectivity index (χ3v) is 4.76. The lowest BCUT2D eigenvalue weighted by Crippen LogP contribution is -2.41. The first-order chi connectivity index (χ1) is 12.4. The molecule has 2 aromatic carbocycles. The molecule has 0 saturated carbocycles. The maximum absolute atomic E-state index is 12.5. The number of fused-ring (bicyclic) bond motifs is 1. The van der Waals surface area contributed by atoms with Crippen LogP contribution in [-0.2, 0) is 11.2 Å². The zero-order valence-electron chi connectivity index (χ0n) is 16.0. The van der Waals surface area contributed by atoms with E-state index < -0.39 is 0 Å². The van der Waals surface area contributed by atoms with Gasteiger partial charge >= 0.3 is 0 Å². The average Bonchev–Trinajstić information content (AvgIpc) is 2.60. The van der Waals surface area contributed by atoms with Gasteiger partial charge in [-0.15, -0.1) is 0 Å². The van der Waals surface area contributed by atoms with Crippen LogP contribution < -0.4 is 14.8 Å². The second-order valence-electron chi connectivity index (χ2n) is 7.58. The van der Waals surface area contributed by atoms with E-state index in [-0.39, 0.29) is 17.6 Å². The summed E-state index contributed by atoms with van der Waals surface area (Å²) < 4.78 is 11.2. The van der Waals surface area contributed by atoms with E-state index in [1.807, 2.05) is 36.4 Å². The molecule has 138 valence electrons. The minimum atomic E-state index is -0.295. The summed E-state index contributed by atoms with van der Waals surface area (Å²) in [6.45, 7) is 6.18. The molecule has 4 nitrogen and oxygen atoms in total. The van der Waals surface area contributed by atoms with Crippen molar-refractivity contribution in [3.05, 3.63) is 59.2 Å². The molecule has 0 bridgehead atoms. The lowest BCUT2D eigenvalue weighted by molar-refractivity contribution is -0.122. The molecule has 1 aliphatic rings. The summed E-state index contributed by atoms with van der Waals surface area (Å²) in [6, 6.07) is 14.0. The van der Waals surface area contributed by atoms with Crippen LogP contribution in [0.5, 0.6) is 11.5 Å². The van der Waals surface area contributed by atoms with Crippen molar-refractivity contribution in [2.45, 2.75) is 51.7 Å². The molecular formula is C22H27NO3. The van der Waals surface area contributed by atoms with Crippen LogP contribution in [0.25, 0.3) is 0 Å². The molecule has 0 aliphatic carbocycles. The lowest BCUT2D eigenvalue weighted by atomic mass is 9.89. The fourth-order valence-corrected chi connectivity index (χ4v) is 3.42. The van der Waals surface area contributed by atoms with Gasteiger partial charge in [0.05, 0.1) is 13.2 Å². The van der Waals surface area contributed by atoms with E-state index in [0.29, 0.717) is 12.8 Å². The fraction of sp³-hybridized carbons (Fsp3) is 0.409. The van der Waals surface area contributed by atoms with Crippen LogP contribution in [0.2, 0.25) is 0 Å². The molecule has 0 fully saturated rings. The molecule has 1 N–H and O–H groups in total. The number of aryl methyl sites for hydroxylation is 2. The quantitative estimate of drug-likeness (QED) is 0.869. The number of nitrogens with one attached hydrogen (secondary N) is 1. The maximum atomic E-state index is 12.5. The number of hydrogen-bond acceptors (Lipinski definition) is 3. The van der Waals surface area contributed by atoms with Crippen molar-refractivity contribution in [1.29, 1.82) is 0 Å². The van der Waals surface area contributed by atoms with Crippen molar-refractivity contribution in [3.63, 3.8) is 0 Å². The SMILES string of the molecule is COc1ccc(CCC(=O)N[C@@H]2CC(C)(C)Oc3ccc(C)cc32)cc1. The van der Waals surface area contributed by atoms with E-state index in [9.17, 15) is 4.79 Å². The van der Waals surface area contributed by atoms with E-state index in [0.717, 1.165) is 29.0 Å². The molecule has 3 rings (SSSR count). The first-order valence-electron chi connectivity index (χ1n) is 9.08. The summed E-state index contributed by atoms with van der Waals surface area (Å²) in [5, 5.41) is 3.21. The van der Waals surface area contributed by atoms with Crippen molar-refractivity contribution in [2.24, 2.45) is 0 Å². The second kappa shape index (κ2) is 7.40. The van der Waals surface area contributed by atoms with Crippen LogP contribution in [0.4, 0.5) is 0 Å². The number of methoxy groups -OCH3 is 1. The topological polar surface area (TPSA) is 47.6 Å². The Morgan fingerprint density at radius 2 is 1.96 bits per heavy atom. The summed E-state index contributed by atoms with van der Waals surface area (Å²) in [6.07, 6.45) is 1.94. The van der Waals surface area contributed by atoms with E-state index in [1.54, 1.807) is 7.11 Å².